The fraction of sp³-hybridized carbons (Fsp3) is 0.0526. The van der Waals surface area contributed by atoms with Gasteiger partial charge in [0.15, 0.2) is 10.8 Å². The number of rotatable bonds is 4. The molecule has 0 fully saturated rings. The van der Waals surface area contributed by atoms with Crippen LogP contribution in [0.3, 0.4) is 0 Å². The lowest BCUT2D eigenvalue weighted by atomic mass is 10.1. The van der Waals surface area contributed by atoms with E-state index in [0.717, 1.165) is 10.2 Å². The molecule has 2 aromatic carbocycles. The average molecular weight is 382 g/mol. The smallest absolute Gasteiger partial charge is 0.225 e. The van der Waals surface area contributed by atoms with Crippen LogP contribution in [0.5, 0.6) is 0 Å². The van der Waals surface area contributed by atoms with E-state index in [-0.39, 0.29) is 22.8 Å². The van der Waals surface area contributed by atoms with Crippen LogP contribution in [-0.4, -0.2) is 26.3 Å². The van der Waals surface area contributed by atoms with E-state index in [1.807, 2.05) is 24.3 Å². The molecule has 2 aromatic heterocycles. The van der Waals surface area contributed by atoms with E-state index in [2.05, 4.69) is 10.1 Å². The SMILES string of the molecule is CC(=O)c1nn(-c2ccc(Cl)cc2)cc1C(=O)c1nc2ccccc2s1. The second kappa shape index (κ2) is 6.48. The third-order valence-electron chi connectivity index (χ3n) is 3.87. The van der Waals surface area contributed by atoms with Gasteiger partial charge in [0.05, 0.1) is 21.5 Å². The van der Waals surface area contributed by atoms with Crippen molar-refractivity contribution >= 4 is 44.7 Å². The second-order valence-corrected chi connectivity index (χ2v) is 7.15. The zero-order valence-corrected chi connectivity index (χ0v) is 15.2. The predicted octanol–water partition coefficient (Wildman–Crippen LogP) is 4.57. The number of carbonyl (C=O) groups excluding carboxylic acids is 2. The number of benzene rings is 2. The first-order valence-corrected chi connectivity index (χ1v) is 8.99. The van der Waals surface area contributed by atoms with Crippen molar-refractivity contribution in [2.45, 2.75) is 6.92 Å². The first kappa shape index (κ1) is 16.6. The highest BCUT2D eigenvalue weighted by Crippen LogP contribution is 2.25. The van der Waals surface area contributed by atoms with Crippen molar-refractivity contribution < 1.29 is 9.59 Å². The van der Waals surface area contributed by atoms with E-state index in [9.17, 15) is 9.59 Å². The molecule has 0 amide bonds. The molecule has 0 atom stereocenters. The summed E-state index contributed by atoms with van der Waals surface area (Å²) in [5, 5.41) is 5.22. The number of thiazole rings is 1. The minimum absolute atomic E-state index is 0.129. The van der Waals surface area contributed by atoms with Crippen LogP contribution in [0.2, 0.25) is 5.02 Å². The number of halogens is 1. The number of Topliss-reactive ketones (excluding diaryl/α,β-unsaturated/α-hetero) is 1. The number of carbonyl (C=O) groups is 2. The van der Waals surface area contributed by atoms with Gasteiger partial charge in [0.1, 0.15) is 5.69 Å². The third kappa shape index (κ3) is 2.94. The van der Waals surface area contributed by atoms with Gasteiger partial charge in [-0.25, -0.2) is 9.67 Å². The molecule has 0 saturated carbocycles. The van der Waals surface area contributed by atoms with Gasteiger partial charge in [0, 0.05) is 18.1 Å². The largest absolute Gasteiger partial charge is 0.293 e. The maximum absolute atomic E-state index is 13.0. The summed E-state index contributed by atoms with van der Waals surface area (Å²) < 4.78 is 2.43. The van der Waals surface area contributed by atoms with Crippen molar-refractivity contribution in [3.8, 4) is 5.69 Å². The van der Waals surface area contributed by atoms with Crippen molar-refractivity contribution in [2.75, 3.05) is 0 Å². The van der Waals surface area contributed by atoms with Gasteiger partial charge in [-0.3, -0.25) is 9.59 Å². The Labute approximate surface area is 157 Å². The molecule has 4 aromatic rings. The van der Waals surface area contributed by atoms with E-state index >= 15 is 0 Å². The number of aromatic nitrogens is 3. The average Bonchev–Trinajstić information content (AvgIpc) is 3.26. The van der Waals surface area contributed by atoms with E-state index in [4.69, 9.17) is 11.6 Å². The molecule has 0 aliphatic heterocycles. The van der Waals surface area contributed by atoms with Crippen LogP contribution in [0.25, 0.3) is 15.9 Å². The summed E-state index contributed by atoms with van der Waals surface area (Å²) in [6, 6.07) is 14.5. The number of hydrogen-bond acceptors (Lipinski definition) is 5. The van der Waals surface area contributed by atoms with Crippen LogP contribution in [0.4, 0.5) is 0 Å². The lowest BCUT2D eigenvalue weighted by molar-refractivity contribution is 0.0987. The van der Waals surface area contributed by atoms with Gasteiger partial charge in [0.25, 0.3) is 0 Å². The van der Waals surface area contributed by atoms with Crippen molar-refractivity contribution in [2.24, 2.45) is 0 Å². The molecular formula is C19H12ClN3O2S. The molecule has 0 aliphatic rings. The van der Waals surface area contributed by atoms with Gasteiger partial charge in [-0.05, 0) is 36.4 Å². The summed E-state index contributed by atoms with van der Waals surface area (Å²) in [5.41, 5.74) is 1.84. The van der Waals surface area contributed by atoms with Crippen LogP contribution in [-0.2, 0) is 0 Å². The Balaban J connectivity index is 1.80. The molecule has 5 nitrogen and oxygen atoms in total. The summed E-state index contributed by atoms with van der Waals surface area (Å²) in [7, 11) is 0. The van der Waals surface area contributed by atoms with Crippen molar-refractivity contribution in [3.05, 3.63) is 76.0 Å². The number of para-hydroxylation sites is 1. The fourth-order valence-corrected chi connectivity index (χ4v) is 3.66. The summed E-state index contributed by atoms with van der Waals surface area (Å²) in [5.74, 6) is -0.584. The van der Waals surface area contributed by atoms with E-state index in [1.54, 1.807) is 30.5 Å². The molecule has 4 rings (SSSR count). The number of fused-ring (bicyclic) bond motifs is 1. The summed E-state index contributed by atoms with van der Waals surface area (Å²) in [4.78, 5) is 29.4. The molecule has 0 unspecified atom stereocenters. The zero-order chi connectivity index (χ0) is 18.3. The van der Waals surface area contributed by atoms with Gasteiger partial charge < -0.3 is 0 Å². The Bertz CT molecular complexity index is 1110. The molecule has 7 heteroatoms. The molecule has 0 N–H and O–H groups in total. The Hall–Kier alpha value is -2.83. The third-order valence-corrected chi connectivity index (χ3v) is 5.16. The number of ketones is 2. The quantitative estimate of drug-likeness (QED) is 0.486. The van der Waals surface area contributed by atoms with Crippen molar-refractivity contribution in [3.63, 3.8) is 0 Å². The normalized spacial score (nSPS) is 11.0. The lowest BCUT2D eigenvalue weighted by Gasteiger charge is -2.00. The zero-order valence-electron chi connectivity index (χ0n) is 13.6. The Kier molecular flexibility index (Phi) is 4.14. The number of nitrogens with zero attached hydrogens (tertiary/aromatic N) is 3. The molecular weight excluding hydrogens is 370 g/mol. The minimum Gasteiger partial charge on any atom is -0.293 e. The maximum Gasteiger partial charge on any atom is 0.225 e. The van der Waals surface area contributed by atoms with E-state index < -0.39 is 0 Å². The van der Waals surface area contributed by atoms with Crippen LogP contribution >= 0.6 is 22.9 Å². The molecule has 2 heterocycles. The Morgan fingerprint density at radius 2 is 1.81 bits per heavy atom. The van der Waals surface area contributed by atoms with Gasteiger partial charge in [-0.2, -0.15) is 5.10 Å². The molecule has 0 aliphatic carbocycles. The van der Waals surface area contributed by atoms with Gasteiger partial charge in [-0.15, -0.1) is 11.3 Å². The Morgan fingerprint density at radius 3 is 2.50 bits per heavy atom. The standard InChI is InChI=1S/C19H12ClN3O2S/c1-11(24)17-14(10-23(22-17)13-8-6-12(20)7-9-13)18(25)19-21-15-4-2-3-5-16(15)26-19/h2-10H,1H3. The van der Waals surface area contributed by atoms with Crippen molar-refractivity contribution in [1.29, 1.82) is 0 Å². The Morgan fingerprint density at radius 1 is 1.08 bits per heavy atom. The van der Waals surface area contributed by atoms with Gasteiger partial charge in [0.2, 0.25) is 5.78 Å². The molecule has 0 bridgehead atoms. The van der Waals surface area contributed by atoms with Crippen LogP contribution in [0, 0.1) is 0 Å². The van der Waals surface area contributed by atoms with E-state index in [0.29, 0.717) is 15.7 Å². The maximum atomic E-state index is 13.0. The molecule has 0 radical (unpaired) electrons. The first-order valence-electron chi connectivity index (χ1n) is 7.80. The van der Waals surface area contributed by atoms with E-state index in [1.165, 1.54) is 22.9 Å². The van der Waals surface area contributed by atoms with Crippen LogP contribution in [0.1, 0.15) is 32.8 Å². The van der Waals surface area contributed by atoms with Crippen LogP contribution in [0.15, 0.2) is 54.7 Å². The summed E-state index contributed by atoms with van der Waals surface area (Å²) in [6.45, 7) is 1.39. The molecule has 26 heavy (non-hydrogen) atoms. The van der Waals surface area contributed by atoms with Crippen molar-refractivity contribution in [1.82, 2.24) is 14.8 Å². The predicted molar refractivity (Wildman–Crippen MR) is 102 cm³/mol. The van der Waals surface area contributed by atoms with Gasteiger partial charge in [-0.1, -0.05) is 23.7 Å². The van der Waals surface area contributed by atoms with Crippen LogP contribution < -0.4 is 0 Å². The topological polar surface area (TPSA) is 64.8 Å². The highest BCUT2D eigenvalue weighted by molar-refractivity contribution is 7.20. The highest BCUT2D eigenvalue weighted by Gasteiger charge is 2.24. The first-order chi connectivity index (χ1) is 12.5. The summed E-state index contributed by atoms with van der Waals surface area (Å²) >= 11 is 7.21. The highest BCUT2D eigenvalue weighted by atomic mass is 35.5. The number of hydrogen-bond donors (Lipinski definition) is 0. The fourth-order valence-electron chi connectivity index (χ4n) is 2.61. The summed E-state index contributed by atoms with van der Waals surface area (Å²) in [6.07, 6.45) is 1.56. The lowest BCUT2D eigenvalue weighted by Crippen LogP contribution is -2.06. The van der Waals surface area contributed by atoms with Gasteiger partial charge >= 0.3 is 0 Å². The molecule has 0 saturated heterocycles. The second-order valence-electron chi connectivity index (χ2n) is 5.68. The minimum atomic E-state index is -0.309. The molecule has 0 spiro atoms. The molecule has 128 valence electrons. The monoisotopic (exact) mass is 381 g/mol.